The maximum Gasteiger partial charge on any atom is 0.237 e. The van der Waals surface area contributed by atoms with Gasteiger partial charge in [0.1, 0.15) is 5.75 Å². The average Bonchev–Trinajstić information content (AvgIpc) is 3.16. The van der Waals surface area contributed by atoms with Gasteiger partial charge >= 0.3 is 0 Å². The second-order valence-electron chi connectivity index (χ2n) is 6.51. The van der Waals surface area contributed by atoms with Crippen LogP contribution >= 0.6 is 23.4 Å². The van der Waals surface area contributed by atoms with Crippen molar-refractivity contribution in [2.45, 2.75) is 55.3 Å². The third-order valence-electron chi connectivity index (χ3n) is 4.48. The van der Waals surface area contributed by atoms with E-state index in [2.05, 4.69) is 5.32 Å². The second-order valence-corrected chi connectivity index (χ2v) is 8.22. The quantitative estimate of drug-likeness (QED) is 0.575. The second kappa shape index (κ2) is 9.33. The van der Waals surface area contributed by atoms with Crippen molar-refractivity contribution >= 4 is 35.0 Å². The normalized spacial score (nSPS) is 15.6. The van der Waals surface area contributed by atoms with E-state index < -0.39 is 0 Å². The summed E-state index contributed by atoms with van der Waals surface area (Å²) in [5, 5.41) is 3.56. The van der Waals surface area contributed by atoms with Gasteiger partial charge in [-0.1, -0.05) is 18.5 Å². The van der Waals surface area contributed by atoms with Crippen molar-refractivity contribution in [2.75, 3.05) is 5.32 Å². The maximum absolute atomic E-state index is 12.6. The zero-order valence-electron chi connectivity index (χ0n) is 14.9. The summed E-state index contributed by atoms with van der Waals surface area (Å²) in [6.07, 6.45) is 5.88. The number of carbonyl (C=O) groups is 1. The first-order valence-electron chi connectivity index (χ1n) is 9.14. The average molecular weight is 390 g/mol. The van der Waals surface area contributed by atoms with Crippen LogP contribution in [0.15, 0.2) is 53.4 Å². The van der Waals surface area contributed by atoms with Crippen LogP contribution in [-0.4, -0.2) is 17.3 Å². The van der Waals surface area contributed by atoms with Gasteiger partial charge in [-0.3, -0.25) is 4.79 Å². The molecule has 1 aliphatic carbocycles. The summed E-state index contributed by atoms with van der Waals surface area (Å²) in [6, 6.07) is 15.2. The van der Waals surface area contributed by atoms with Gasteiger partial charge in [-0.2, -0.15) is 0 Å². The van der Waals surface area contributed by atoms with Crippen LogP contribution in [-0.2, 0) is 4.79 Å². The molecule has 0 saturated heterocycles. The molecule has 3 rings (SSSR count). The highest BCUT2D eigenvalue weighted by Gasteiger charge is 2.19. The summed E-state index contributed by atoms with van der Waals surface area (Å²) in [5.41, 5.74) is 0.795. The van der Waals surface area contributed by atoms with Gasteiger partial charge in [0.25, 0.3) is 0 Å². The summed E-state index contributed by atoms with van der Waals surface area (Å²) < 4.78 is 5.96. The van der Waals surface area contributed by atoms with Crippen LogP contribution in [0.3, 0.4) is 0 Å². The minimum atomic E-state index is -0.148. The molecule has 138 valence electrons. The summed E-state index contributed by atoms with van der Waals surface area (Å²) in [5.74, 6) is 0.884. The lowest BCUT2D eigenvalue weighted by molar-refractivity contribution is -0.115. The van der Waals surface area contributed by atoms with Crippen LogP contribution < -0.4 is 10.1 Å². The molecule has 1 aliphatic rings. The van der Waals surface area contributed by atoms with Crippen LogP contribution in [0.2, 0.25) is 5.02 Å². The Bertz CT molecular complexity index is 712. The van der Waals surface area contributed by atoms with E-state index in [9.17, 15) is 4.79 Å². The van der Waals surface area contributed by atoms with E-state index >= 15 is 0 Å². The molecule has 1 unspecified atom stereocenters. The Kier molecular flexibility index (Phi) is 6.86. The highest BCUT2D eigenvalue weighted by molar-refractivity contribution is 8.00. The van der Waals surface area contributed by atoms with E-state index in [-0.39, 0.29) is 11.2 Å². The van der Waals surface area contributed by atoms with Gasteiger partial charge < -0.3 is 10.1 Å². The highest BCUT2D eigenvalue weighted by Crippen LogP contribution is 2.28. The SMILES string of the molecule is CCC(Sc1ccc(Cl)cc1)C(=O)Nc1ccc(OC2CCCC2)cc1. The molecule has 0 heterocycles. The molecule has 0 aliphatic heterocycles. The van der Waals surface area contributed by atoms with Gasteiger partial charge in [0.05, 0.1) is 11.4 Å². The van der Waals surface area contributed by atoms with Crippen LogP contribution in [0.5, 0.6) is 5.75 Å². The van der Waals surface area contributed by atoms with Gasteiger partial charge in [-0.25, -0.2) is 0 Å². The minimum Gasteiger partial charge on any atom is -0.490 e. The Morgan fingerprint density at radius 2 is 1.81 bits per heavy atom. The van der Waals surface area contributed by atoms with Crippen molar-refractivity contribution in [3.05, 3.63) is 53.6 Å². The number of anilines is 1. The standard InChI is InChI=1S/C21H24ClNO2S/c1-2-20(26-19-13-7-15(22)8-14-19)21(24)23-16-9-11-18(12-10-16)25-17-5-3-4-6-17/h7-14,17,20H,2-6H2,1H3,(H,23,24). The van der Waals surface area contributed by atoms with Gasteiger partial charge in [0.15, 0.2) is 0 Å². The van der Waals surface area contributed by atoms with Crippen molar-refractivity contribution in [1.29, 1.82) is 0 Å². The van der Waals surface area contributed by atoms with Crippen LogP contribution in [0.1, 0.15) is 39.0 Å². The van der Waals surface area contributed by atoms with Gasteiger partial charge in [-0.05, 0) is 80.6 Å². The number of hydrogen-bond acceptors (Lipinski definition) is 3. The molecule has 26 heavy (non-hydrogen) atoms. The van der Waals surface area contributed by atoms with Gasteiger partial charge in [0.2, 0.25) is 5.91 Å². The third kappa shape index (κ3) is 5.42. The number of rotatable bonds is 7. The molecular weight excluding hydrogens is 366 g/mol. The monoisotopic (exact) mass is 389 g/mol. The first kappa shape index (κ1) is 19.1. The van der Waals surface area contributed by atoms with E-state index in [1.807, 2.05) is 55.5 Å². The maximum atomic E-state index is 12.6. The van der Waals surface area contributed by atoms with E-state index in [0.717, 1.165) is 35.6 Å². The van der Waals surface area contributed by atoms with Crippen LogP contribution in [0, 0.1) is 0 Å². The van der Waals surface area contributed by atoms with E-state index in [1.165, 1.54) is 12.8 Å². The number of hydrogen-bond donors (Lipinski definition) is 1. The third-order valence-corrected chi connectivity index (χ3v) is 6.11. The zero-order chi connectivity index (χ0) is 18.4. The van der Waals surface area contributed by atoms with E-state index in [1.54, 1.807) is 11.8 Å². The minimum absolute atomic E-state index is 0.0110. The van der Waals surface area contributed by atoms with E-state index in [4.69, 9.17) is 16.3 Å². The Morgan fingerprint density at radius 3 is 2.42 bits per heavy atom. The number of ether oxygens (including phenoxy) is 1. The highest BCUT2D eigenvalue weighted by atomic mass is 35.5. The lowest BCUT2D eigenvalue weighted by Crippen LogP contribution is -2.24. The first-order valence-corrected chi connectivity index (χ1v) is 10.4. The lowest BCUT2D eigenvalue weighted by Gasteiger charge is -2.16. The number of halogens is 1. The summed E-state index contributed by atoms with van der Waals surface area (Å²) >= 11 is 7.47. The molecule has 0 spiro atoms. The van der Waals surface area contributed by atoms with Crippen molar-refractivity contribution in [1.82, 2.24) is 0 Å². The Balaban J connectivity index is 1.55. The summed E-state index contributed by atoms with van der Waals surface area (Å²) in [6.45, 7) is 2.02. The summed E-state index contributed by atoms with van der Waals surface area (Å²) in [4.78, 5) is 13.6. The lowest BCUT2D eigenvalue weighted by atomic mass is 10.2. The molecule has 5 heteroatoms. The molecular formula is C21H24ClNO2S. The smallest absolute Gasteiger partial charge is 0.237 e. The molecule has 2 aromatic carbocycles. The number of amides is 1. The largest absolute Gasteiger partial charge is 0.490 e. The number of nitrogens with one attached hydrogen (secondary N) is 1. The molecule has 0 aromatic heterocycles. The van der Waals surface area contributed by atoms with Crippen molar-refractivity contribution < 1.29 is 9.53 Å². The molecule has 0 radical (unpaired) electrons. The molecule has 1 N–H and O–H groups in total. The predicted molar refractivity (Wildman–Crippen MR) is 109 cm³/mol. The fourth-order valence-electron chi connectivity index (χ4n) is 3.04. The predicted octanol–water partition coefficient (Wildman–Crippen LogP) is 6.17. The zero-order valence-corrected chi connectivity index (χ0v) is 16.5. The molecule has 0 bridgehead atoms. The fourth-order valence-corrected chi connectivity index (χ4v) is 4.12. The van der Waals surface area contributed by atoms with Crippen molar-refractivity contribution in [3.8, 4) is 5.75 Å². The number of benzene rings is 2. The molecule has 3 nitrogen and oxygen atoms in total. The number of thioether (sulfide) groups is 1. The first-order chi connectivity index (χ1) is 12.6. The Labute approximate surface area is 164 Å². The molecule has 1 amide bonds. The molecule has 1 fully saturated rings. The molecule has 2 aromatic rings. The van der Waals surface area contributed by atoms with E-state index in [0.29, 0.717) is 11.1 Å². The number of carbonyl (C=O) groups excluding carboxylic acids is 1. The Hall–Kier alpha value is -1.65. The van der Waals surface area contributed by atoms with Gasteiger partial charge in [0, 0.05) is 15.6 Å². The molecule has 1 atom stereocenters. The fraction of sp³-hybridized carbons (Fsp3) is 0.381. The van der Waals surface area contributed by atoms with Gasteiger partial charge in [-0.15, -0.1) is 11.8 Å². The van der Waals surface area contributed by atoms with Crippen molar-refractivity contribution in [3.63, 3.8) is 0 Å². The van der Waals surface area contributed by atoms with Crippen LogP contribution in [0.4, 0.5) is 5.69 Å². The topological polar surface area (TPSA) is 38.3 Å². The summed E-state index contributed by atoms with van der Waals surface area (Å²) in [7, 11) is 0. The molecule has 1 saturated carbocycles. The van der Waals surface area contributed by atoms with Crippen LogP contribution in [0.25, 0.3) is 0 Å². The van der Waals surface area contributed by atoms with Crippen molar-refractivity contribution in [2.24, 2.45) is 0 Å². The Morgan fingerprint density at radius 1 is 1.15 bits per heavy atom.